The molecule has 1 saturated carbocycles. The fourth-order valence-corrected chi connectivity index (χ4v) is 2.81. The molecule has 1 aliphatic carbocycles. The molecule has 2 fully saturated rings. The molecule has 1 aromatic rings. The molecule has 3 rings (SSSR count). The Morgan fingerprint density at radius 1 is 1.50 bits per heavy atom. The molecular weight excluding hydrogens is 232 g/mol. The lowest BCUT2D eigenvalue weighted by molar-refractivity contribution is 0.00802. The Labute approximate surface area is 105 Å². The monoisotopic (exact) mass is 248 g/mol. The van der Waals surface area contributed by atoms with Gasteiger partial charge in [-0.25, -0.2) is 0 Å². The smallest absolute Gasteiger partial charge is 0.268 e. The molecular formula is C13H16N2O3. The maximum absolute atomic E-state index is 12.0. The van der Waals surface area contributed by atoms with Crippen molar-refractivity contribution in [2.24, 2.45) is 5.92 Å². The van der Waals surface area contributed by atoms with Crippen molar-refractivity contribution in [2.45, 2.75) is 31.9 Å². The van der Waals surface area contributed by atoms with Crippen molar-refractivity contribution < 1.29 is 9.53 Å². The molecule has 3 atom stereocenters. The van der Waals surface area contributed by atoms with Gasteiger partial charge in [0.25, 0.3) is 5.91 Å². The van der Waals surface area contributed by atoms with Gasteiger partial charge in [-0.3, -0.25) is 9.59 Å². The Morgan fingerprint density at radius 2 is 2.33 bits per heavy atom. The largest absolute Gasteiger partial charge is 0.378 e. The number of fused-ring (bicyclic) bond motifs is 1. The standard InChI is InChI=1S/C13H16N2O3/c1-7-4-8(16)5-11(14-7)13(17)15-10-6-12-9(10)2-3-18-12/h4-5,9-10,12H,2-3,6H2,1H3,(H,14,16)(H,15,17)/t9-,10+,12+/m1/s1. The predicted octanol–water partition coefficient (Wildman–Crippen LogP) is 0.591. The van der Waals surface area contributed by atoms with E-state index >= 15 is 0 Å². The molecule has 0 bridgehead atoms. The van der Waals surface area contributed by atoms with E-state index in [0.29, 0.717) is 23.4 Å². The number of aromatic amines is 1. The number of aryl methyl sites for hydroxylation is 1. The van der Waals surface area contributed by atoms with Gasteiger partial charge in [0.15, 0.2) is 5.43 Å². The Bertz CT molecular complexity index is 537. The molecule has 1 aliphatic heterocycles. The molecule has 2 N–H and O–H groups in total. The number of hydrogen-bond acceptors (Lipinski definition) is 3. The van der Waals surface area contributed by atoms with Crippen LogP contribution in [0.1, 0.15) is 29.0 Å². The van der Waals surface area contributed by atoms with E-state index in [4.69, 9.17) is 4.74 Å². The highest BCUT2D eigenvalue weighted by Gasteiger charge is 2.45. The van der Waals surface area contributed by atoms with E-state index in [2.05, 4.69) is 10.3 Å². The lowest BCUT2D eigenvalue weighted by Crippen LogP contribution is -2.53. The van der Waals surface area contributed by atoms with Crippen LogP contribution in [0.4, 0.5) is 0 Å². The Balaban J connectivity index is 1.69. The van der Waals surface area contributed by atoms with Crippen LogP contribution in [0.2, 0.25) is 0 Å². The van der Waals surface area contributed by atoms with Gasteiger partial charge in [-0.05, 0) is 19.8 Å². The number of nitrogens with one attached hydrogen (secondary N) is 2. The third-order valence-corrected chi connectivity index (χ3v) is 3.80. The number of carbonyl (C=O) groups excluding carboxylic acids is 1. The zero-order valence-electron chi connectivity index (χ0n) is 10.2. The molecule has 0 spiro atoms. The van der Waals surface area contributed by atoms with Crippen molar-refractivity contribution in [1.29, 1.82) is 0 Å². The minimum Gasteiger partial charge on any atom is -0.378 e. The first-order valence-electron chi connectivity index (χ1n) is 6.27. The number of rotatable bonds is 2. The van der Waals surface area contributed by atoms with Crippen LogP contribution in [0.25, 0.3) is 0 Å². The Morgan fingerprint density at radius 3 is 3.06 bits per heavy atom. The maximum Gasteiger partial charge on any atom is 0.268 e. The number of aromatic nitrogens is 1. The highest BCUT2D eigenvalue weighted by molar-refractivity contribution is 5.92. The van der Waals surface area contributed by atoms with Crippen LogP contribution in [0.15, 0.2) is 16.9 Å². The van der Waals surface area contributed by atoms with E-state index in [1.807, 2.05) is 0 Å². The molecule has 1 amide bonds. The number of pyridine rings is 1. The zero-order valence-corrected chi connectivity index (χ0v) is 10.2. The fourth-order valence-electron chi connectivity index (χ4n) is 2.81. The lowest BCUT2D eigenvalue weighted by atomic mass is 9.76. The second-order valence-corrected chi connectivity index (χ2v) is 5.09. The summed E-state index contributed by atoms with van der Waals surface area (Å²) >= 11 is 0. The van der Waals surface area contributed by atoms with Crippen molar-refractivity contribution in [3.05, 3.63) is 33.7 Å². The molecule has 1 aromatic heterocycles. The number of ether oxygens (including phenoxy) is 1. The highest BCUT2D eigenvalue weighted by atomic mass is 16.5. The summed E-state index contributed by atoms with van der Waals surface area (Å²) in [7, 11) is 0. The summed E-state index contributed by atoms with van der Waals surface area (Å²) in [5.41, 5.74) is 0.887. The Hall–Kier alpha value is -1.62. The van der Waals surface area contributed by atoms with Gasteiger partial charge in [0.1, 0.15) is 5.69 Å². The summed E-state index contributed by atoms with van der Waals surface area (Å²) in [5.74, 6) is 0.247. The quantitative estimate of drug-likeness (QED) is 0.804. The van der Waals surface area contributed by atoms with Crippen molar-refractivity contribution >= 4 is 5.91 Å². The van der Waals surface area contributed by atoms with Crippen LogP contribution < -0.4 is 10.7 Å². The minimum atomic E-state index is -0.203. The first-order valence-corrected chi connectivity index (χ1v) is 6.27. The molecule has 0 aromatic carbocycles. The van der Waals surface area contributed by atoms with Gasteiger partial charge in [0.2, 0.25) is 0 Å². The number of H-pyrrole nitrogens is 1. The first kappa shape index (κ1) is 11.5. The lowest BCUT2D eigenvalue weighted by Gasteiger charge is -2.39. The molecule has 2 heterocycles. The zero-order chi connectivity index (χ0) is 12.7. The molecule has 2 aliphatic rings. The average Bonchev–Trinajstić information content (AvgIpc) is 2.66. The summed E-state index contributed by atoms with van der Waals surface area (Å²) < 4.78 is 5.50. The van der Waals surface area contributed by atoms with Crippen LogP contribution in [0, 0.1) is 12.8 Å². The molecule has 96 valence electrons. The molecule has 0 unspecified atom stereocenters. The first-order chi connectivity index (χ1) is 8.63. The van der Waals surface area contributed by atoms with Crippen LogP contribution in [0.5, 0.6) is 0 Å². The van der Waals surface area contributed by atoms with E-state index in [1.54, 1.807) is 6.92 Å². The van der Waals surface area contributed by atoms with Gasteiger partial charge in [0.05, 0.1) is 6.10 Å². The molecule has 18 heavy (non-hydrogen) atoms. The average molecular weight is 248 g/mol. The van der Waals surface area contributed by atoms with Crippen LogP contribution in [-0.2, 0) is 4.74 Å². The van der Waals surface area contributed by atoms with Crippen molar-refractivity contribution in [2.75, 3.05) is 6.61 Å². The van der Waals surface area contributed by atoms with Crippen LogP contribution in [-0.4, -0.2) is 29.6 Å². The second-order valence-electron chi connectivity index (χ2n) is 5.09. The van der Waals surface area contributed by atoms with Gasteiger partial charge < -0.3 is 15.0 Å². The summed E-state index contributed by atoms with van der Waals surface area (Å²) in [4.78, 5) is 26.3. The number of hydrogen-bond donors (Lipinski definition) is 2. The van der Waals surface area contributed by atoms with E-state index in [1.165, 1.54) is 12.1 Å². The van der Waals surface area contributed by atoms with E-state index in [0.717, 1.165) is 19.4 Å². The third-order valence-electron chi connectivity index (χ3n) is 3.80. The predicted molar refractivity (Wildman–Crippen MR) is 65.5 cm³/mol. The summed E-state index contributed by atoms with van der Waals surface area (Å²) in [6.07, 6.45) is 2.22. The van der Waals surface area contributed by atoms with Gasteiger partial charge in [-0.2, -0.15) is 0 Å². The van der Waals surface area contributed by atoms with Gasteiger partial charge in [-0.1, -0.05) is 0 Å². The third kappa shape index (κ3) is 1.95. The van der Waals surface area contributed by atoms with Gasteiger partial charge in [-0.15, -0.1) is 0 Å². The summed E-state index contributed by atoms with van der Waals surface area (Å²) in [5, 5.41) is 2.97. The van der Waals surface area contributed by atoms with Crippen molar-refractivity contribution in [3.8, 4) is 0 Å². The van der Waals surface area contributed by atoms with Crippen LogP contribution in [0.3, 0.4) is 0 Å². The second kappa shape index (κ2) is 4.24. The van der Waals surface area contributed by atoms with Crippen LogP contribution >= 0.6 is 0 Å². The Kier molecular flexibility index (Phi) is 2.70. The van der Waals surface area contributed by atoms with E-state index < -0.39 is 0 Å². The normalized spacial score (nSPS) is 29.5. The summed E-state index contributed by atoms with van der Waals surface area (Å²) in [6, 6.07) is 3.00. The molecule has 5 nitrogen and oxygen atoms in total. The number of carbonyl (C=O) groups is 1. The van der Waals surface area contributed by atoms with E-state index in [-0.39, 0.29) is 17.4 Å². The molecule has 1 saturated heterocycles. The van der Waals surface area contributed by atoms with Gasteiger partial charge in [0, 0.05) is 36.4 Å². The summed E-state index contributed by atoms with van der Waals surface area (Å²) in [6.45, 7) is 2.56. The van der Waals surface area contributed by atoms with Crippen molar-refractivity contribution in [3.63, 3.8) is 0 Å². The fraction of sp³-hybridized carbons (Fsp3) is 0.538. The van der Waals surface area contributed by atoms with Crippen molar-refractivity contribution in [1.82, 2.24) is 10.3 Å². The van der Waals surface area contributed by atoms with E-state index in [9.17, 15) is 9.59 Å². The topological polar surface area (TPSA) is 71.2 Å². The SMILES string of the molecule is Cc1cc(=O)cc(C(=O)N[C@H]2C[C@@H]3OCC[C@H]23)[nH]1. The minimum absolute atomic E-state index is 0.146. The highest BCUT2D eigenvalue weighted by Crippen LogP contribution is 2.38. The molecule has 0 radical (unpaired) electrons. The van der Waals surface area contributed by atoms with Gasteiger partial charge >= 0.3 is 0 Å². The maximum atomic E-state index is 12.0. The number of amides is 1. The molecule has 5 heteroatoms.